The van der Waals surface area contributed by atoms with Crippen molar-refractivity contribution in [2.24, 2.45) is 17.6 Å². The fourth-order valence-corrected chi connectivity index (χ4v) is 5.19. The zero-order valence-corrected chi connectivity index (χ0v) is 21.9. The molecule has 1 aromatic heterocycles. The lowest BCUT2D eigenvalue weighted by atomic mass is 9.94. The van der Waals surface area contributed by atoms with Gasteiger partial charge < -0.3 is 20.3 Å². The number of benzene rings is 1. The fraction of sp³-hybridized carbons (Fsp3) is 0.517. The molecule has 0 spiro atoms. The van der Waals surface area contributed by atoms with Crippen LogP contribution in [0.3, 0.4) is 0 Å². The molecule has 0 unspecified atom stereocenters. The lowest BCUT2D eigenvalue weighted by Crippen LogP contribution is -2.41. The maximum atomic E-state index is 15.0. The van der Waals surface area contributed by atoms with Crippen LogP contribution < -0.4 is 10.5 Å². The molecule has 1 amide bonds. The van der Waals surface area contributed by atoms with Gasteiger partial charge in [0.1, 0.15) is 11.5 Å². The Bertz CT molecular complexity index is 1080. The number of amides is 1. The number of piperidine rings is 2. The van der Waals surface area contributed by atoms with Crippen molar-refractivity contribution in [3.05, 3.63) is 60.2 Å². The number of aromatic nitrogens is 1. The predicted molar refractivity (Wildman–Crippen MR) is 141 cm³/mol. The van der Waals surface area contributed by atoms with Crippen molar-refractivity contribution in [3.8, 4) is 17.0 Å². The summed E-state index contributed by atoms with van der Waals surface area (Å²) in [5.74, 6) is 0.493. The molecule has 37 heavy (non-hydrogen) atoms. The van der Waals surface area contributed by atoms with Crippen molar-refractivity contribution in [1.82, 2.24) is 14.8 Å². The van der Waals surface area contributed by atoms with E-state index in [1.54, 1.807) is 49.2 Å². The van der Waals surface area contributed by atoms with Crippen LogP contribution in [0.15, 0.2) is 48.8 Å². The smallest absolute Gasteiger partial charge is 0.253 e. The largest absolute Gasteiger partial charge is 0.477 e. The van der Waals surface area contributed by atoms with E-state index in [-0.39, 0.29) is 11.8 Å². The number of alkyl halides is 1. The summed E-state index contributed by atoms with van der Waals surface area (Å²) in [5, 5.41) is 0. The maximum absolute atomic E-state index is 15.0. The molecule has 1 aromatic carbocycles. The first-order valence-corrected chi connectivity index (χ1v) is 13.1. The van der Waals surface area contributed by atoms with Gasteiger partial charge in [-0.25, -0.2) is 13.8 Å². The summed E-state index contributed by atoms with van der Waals surface area (Å²) in [6, 6.07) is 8.10. The number of pyridine rings is 1. The standard InChI is InChI=1S/C29H38F2N4O2/c1-20(32)22-10-14-35(15-11-22)28(36)23-4-6-25(26(30)16-23)24-5-7-27(33-17-24)37-18-21-8-12-34(13-9-21)19-29(2,3)31/h4-7,16-17,21-22H,1,8-15,18-19,32H2,2-3H3. The molecule has 2 N–H and O–H groups in total. The van der Waals surface area contributed by atoms with Crippen molar-refractivity contribution in [3.63, 3.8) is 0 Å². The molecule has 3 heterocycles. The van der Waals surface area contributed by atoms with Crippen LogP contribution >= 0.6 is 0 Å². The Morgan fingerprint density at radius 2 is 1.84 bits per heavy atom. The first-order valence-electron chi connectivity index (χ1n) is 13.1. The van der Waals surface area contributed by atoms with E-state index in [1.165, 1.54) is 6.07 Å². The summed E-state index contributed by atoms with van der Waals surface area (Å²) in [6.45, 7) is 11.0. The molecule has 2 aliphatic heterocycles. The number of allylic oxidation sites excluding steroid dienone is 1. The van der Waals surface area contributed by atoms with Gasteiger partial charge in [0, 0.05) is 60.2 Å². The molecular weight excluding hydrogens is 474 g/mol. The summed E-state index contributed by atoms with van der Waals surface area (Å²) in [4.78, 5) is 21.1. The van der Waals surface area contributed by atoms with Gasteiger partial charge in [0.25, 0.3) is 5.91 Å². The molecular formula is C29H38F2N4O2. The van der Waals surface area contributed by atoms with Gasteiger partial charge in [-0.05, 0) is 76.7 Å². The topological polar surface area (TPSA) is 71.7 Å². The number of likely N-dealkylation sites (tertiary alicyclic amines) is 2. The Morgan fingerprint density at radius 1 is 1.14 bits per heavy atom. The zero-order valence-electron chi connectivity index (χ0n) is 21.9. The summed E-state index contributed by atoms with van der Waals surface area (Å²) in [5.41, 5.74) is 6.62. The molecule has 8 heteroatoms. The van der Waals surface area contributed by atoms with Gasteiger partial charge >= 0.3 is 0 Å². The Labute approximate surface area is 218 Å². The normalized spacial score (nSPS) is 18.1. The Kier molecular flexibility index (Phi) is 8.47. The summed E-state index contributed by atoms with van der Waals surface area (Å²) in [7, 11) is 0. The van der Waals surface area contributed by atoms with Gasteiger partial charge in [-0.1, -0.05) is 12.6 Å². The minimum atomic E-state index is -1.18. The number of hydrogen-bond donors (Lipinski definition) is 1. The monoisotopic (exact) mass is 512 g/mol. The Morgan fingerprint density at radius 3 is 2.41 bits per heavy atom. The van der Waals surface area contributed by atoms with Crippen LogP contribution in [0, 0.1) is 17.7 Å². The second-order valence-corrected chi connectivity index (χ2v) is 11.0. The average Bonchev–Trinajstić information content (AvgIpc) is 2.87. The van der Waals surface area contributed by atoms with Gasteiger partial charge in [0.05, 0.1) is 6.61 Å². The number of carbonyl (C=O) groups excluding carboxylic acids is 1. The fourth-order valence-electron chi connectivity index (χ4n) is 5.19. The van der Waals surface area contributed by atoms with Crippen LogP contribution in [-0.4, -0.2) is 65.7 Å². The predicted octanol–water partition coefficient (Wildman–Crippen LogP) is 5.05. The molecule has 200 valence electrons. The average molecular weight is 513 g/mol. The van der Waals surface area contributed by atoms with E-state index in [1.807, 2.05) is 0 Å². The lowest BCUT2D eigenvalue weighted by molar-refractivity contribution is 0.0701. The van der Waals surface area contributed by atoms with E-state index in [0.29, 0.717) is 60.4 Å². The highest BCUT2D eigenvalue weighted by atomic mass is 19.1. The third-order valence-electron chi connectivity index (χ3n) is 7.34. The minimum absolute atomic E-state index is 0.173. The molecule has 2 aliphatic rings. The van der Waals surface area contributed by atoms with Crippen LogP contribution in [-0.2, 0) is 0 Å². The van der Waals surface area contributed by atoms with Crippen molar-refractivity contribution in [2.45, 2.75) is 45.2 Å². The van der Waals surface area contributed by atoms with E-state index in [9.17, 15) is 13.6 Å². The van der Waals surface area contributed by atoms with Crippen molar-refractivity contribution >= 4 is 5.91 Å². The van der Waals surface area contributed by atoms with E-state index in [0.717, 1.165) is 38.8 Å². The molecule has 4 rings (SSSR count). The SMILES string of the molecule is C=C(N)C1CCN(C(=O)c2ccc(-c3ccc(OCC4CCN(CC(C)(C)F)CC4)nc3)c(F)c2)CC1. The number of ether oxygens (including phenoxy) is 1. The molecule has 0 aliphatic carbocycles. The van der Waals surface area contributed by atoms with Crippen molar-refractivity contribution in [1.29, 1.82) is 0 Å². The van der Waals surface area contributed by atoms with Crippen molar-refractivity contribution in [2.75, 3.05) is 39.3 Å². The summed E-state index contributed by atoms with van der Waals surface area (Å²) in [6.07, 6.45) is 5.07. The van der Waals surface area contributed by atoms with Gasteiger partial charge in [0.2, 0.25) is 5.88 Å². The van der Waals surface area contributed by atoms with Crippen LogP contribution in [0.2, 0.25) is 0 Å². The number of halogens is 2. The lowest BCUT2D eigenvalue weighted by Gasteiger charge is -2.34. The first kappa shape index (κ1) is 27.0. The van der Waals surface area contributed by atoms with E-state index >= 15 is 0 Å². The van der Waals surface area contributed by atoms with Crippen LogP contribution in [0.25, 0.3) is 11.1 Å². The number of nitrogens with two attached hydrogens (primary N) is 1. The summed E-state index contributed by atoms with van der Waals surface area (Å²) >= 11 is 0. The van der Waals surface area contributed by atoms with Gasteiger partial charge in [-0.15, -0.1) is 0 Å². The molecule has 0 atom stereocenters. The molecule has 6 nitrogen and oxygen atoms in total. The van der Waals surface area contributed by atoms with Crippen LogP contribution in [0.4, 0.5) is 8.78 Å². The Balaban J connectivity index is 1.29. The molecule has 0 saturated carbocycles. The molecule has 0 radical (unpaired) electrons. The third kappa shape index (κ3) is 7.28. The minimum Gasteiger partial charge on any atom is -0.477 e. The van der Waals surface area contributed by atoms with Crippen molar-refractivity contribution < 1.29 is 18.3 Å². The van der Waals surface area contributed by atoms with Crippen LogP contribution in [0.5, 0.6) is 5.88 Å². The first-order chi connectivity index (χ1) is 17.6. The second-order valence-electron chi connectivity index (χ2n) is 11.0. The van der Waals surface area contributed by atoms with Crippen LogP contribution in [0.1, 0.15) is 49.9 Å². The zero-order chi connectivity index (χ0) is 26.6. The van der Waals surface area contributed by atoms with Gasteiger partial charge in [0.15, 0.2) is 0 Å². The van der Waals surface area contributed by atoms with E-state index in [4.69, 9.17) is 10.5 Å². The van der Waals surface area contributed by atoms with E-state index in [2.05, 4.69) is 16.5 Å². The van der Waals surface area contributed by atoms with E-state index < -0.39 is 11.5 Å². The molecule has 0 bridgehead atoms. The number of carbonyl (C=O) groups is 1. The molecule has 2 fully saturated rings. The molecule has 2 aromatic rings. The summed E-state index contributed by atoms with van der Waals surface area (Å²) < 4.78 is 34.7. The third-order valence-corrected chi connectivity index (χ3v) is 7.34. The number of hydrogen-bond acceptors (Lipinski definition) is 5. The molecule has 2 saturated heterocycles. The number of nitrogens with zero attached hydrogens (tertiary/aromatic N) is 3. The highest BCUT2D eigenvalue weighted by molar-refractivity contribution is 5.94. The number of rotatable bonds is 8. The highest BCUT2D eigenvalue weighted by Gasteiger charge is 2.26. The van der Waals surface area contributed by atoms with Gasteiger partial charge in [-0.3, -0.25) is 4.79 Å². The highest BCUT2D eigenvalue weighted by Crippen LogP contribution is 2.27. The quantitative estimate of drug-likeness (QED) is 0.536. The second kappa shape index (κ2) is 11.6. The van der Waals surface area contributed by atoms with Gasteiger partial charge in [-0.2, -0.15) is 0 Å². The maximum Gasteiger partial charge on any atom is 0.253 e. The Hall–Kier alpha value is -3.00.